The van der Waals surface area contributed by atoms with Crippen molar-refractivity contribution in [2.45, 2.75) is 44.0 Å². The normalized spacial score (nSPS) is 18.2. The van der Waals surface area contributed by atoms with Gasteiger partial charge in [-0.05, 0) is 44.7 Å². The van der Waals surface area contributed by atoms with Crippen LogP contribution < -0.4 is 5.73 Å². The SMILES string of the molecule is Cc1ccc(C)c(SCC(=O)N2CCCCC2CN)c1.Cl. The molecule has 1 atom stereocenters. The minimum Gasteiger partial charge on any atom is -0.338 e. The number of thioether (sulfide) groups is 1. The molecule has 0 aromatic heterocycles. The standard InChI is InChI=1S/C16H24N2OS.ClH/c1-12-6-7-13(2)15(9-12)20-11-16(19)18-8-4-3-5-14(18)10-17;/h6-7,9,14H,3-5,8,10-11,17H2,1-2H3;1H. The van der Waals surface area contributed by atoms with E-state index in [9.17, 15) is 4.79 Å². The van der Waals surface area contributed by atoms with Crippen molar-refractivity contribution >= 4 is 30.1 Å². The second kappa shape index (κ2) is 8.66. The van der Waals surface area contributed by atoms with Gasteiger partial charge >= 0.3 is 0 Å². The van der Waals surface area contributed by atoms with Gasteiger partial charge in [0.15, 0.2) is 0 Å². The summed E-state index contributed by atoms with van der Waals surface area (Å²) >= 11 is 1.64. The Labute approximate surface area is 138 Å². The third kappa shape index (κ3) is 4.90. The van der Waals surface area contributed by atoms with E-state index in [-0.39, 0.29) is 24.4 Å². The highest BCUT2D eigenvalue weighted by atomic mass is 35.5. The summed E-state index contributed by atoms with van der Waals surface area (Å²) in [4.78, 5) is 15.6. The molecule has 0 aliphatic carbocycles. The summed E-state index contributed by atoms with van der Waals surface area (Å²) in [5.41, 5.74) is 8.26. The number of nitrogens with zero attached hydrogens (tertiary/aromatic N) is 1. The highest BCUT2D eigenvalue weighted by molar-refractivity contribution is 8.00. The first-order chi connectivity index (χ1) is 9.61. The van der Waals surface area contributed by atoms with E-state index >= 15 is 0 Å². The molecule has 0 spiro atoms. The van der Waals surface area contributed by atoms with Crippen molar-refractivity contribution < 1.29 is 4.79 Å². The number of benzene rings is 1. The van der Waals surface area contributed by atoms with Crippen LogP contribution in [0.15, 0.2) is 23.1 Å². The predicted octanol–water partition coefficient (Wildman–Crippen LogP) is 3.16. The van der Waals surface area contributed by atoms with Gasteiger partial charge in [-0.25, -0.2) is 0 Å². The van der Waals surface area contributed by atoms with Gasteiger partial charge in [-0.2, -0.15) is 0 Å². The topological polar surface area (TPSA) is 46.3 Å². The van der Waals surface area contributed by atoms with Gasteiger partial charge in [-0.1, -0.05) is 17.7 Å². The minimum absolute atomic E-state index is 0. The molecule has 1 fully saturated rings. The Morgan fingerprint density at radius 2 is 2.14 bits per heavy atom. The Kier molecular flexibility index (Phi) is 7.57. The van der Waals surface area contributed by atoms with E-state index in [0.29, 0.717) is 12.3 Å². The zero-order valence-corrected chi connectivity index (χ0v) is 14.4. The minimum atomic E-state index is 0. The van der Waals surface area contributed by atoms with Crippen LogP contribution in [0.1, 0.15) is 30.4 Å². The van der Waals surface area contributed by atoms with Crippen LogP contribution >= 0.6 is 24.2 Å². The summed E-state index contributed by atoms with van der Waals surface area (Å²) in [6.45, 7) is 5.63. The van der Waals surface area contributed by atoms with Crippen LogP contribution in [-0.2, 0) is 4.79 Å². The van der Waals surface area contributed by atoms with Crippen LogP contribution in [0.4, 0.5) is 0 Å². The number of hydrogen-bond donors (Lipinski definition) is 1. The lowest BCUT2D eigenvalue weighted by atomic mass is 10.0. The summed E-state index contributed by atoms with van der Waals surface area (Å²) < 4.78 is 0. The van der Waals surface area contributed by atoms with Crippen LogP contribution in [0.2, 0.25) is 0 Å². The molecule has 1 aromatic rings. The highest BCUT2D eigenvalue weighted by Crippen LogP contribution is 2.25. The van der Waals surface area contributed by atoms with Crippen molar-refractivity contribution in [1.82, 2.24) is 4.90 Å². The molecular weight excluding hydrogens is 304 g/mol. The van der Waals surface area contributed by atoms with Gasteiger partial charge in [0.1, 0.15) is 0 Å². The number of likely N-dealkylation sites (tertiary alicyclic amines) is 1. The van der Waals surface area contributed by atoms with Gasteiger partial charge in [-0.3, -0.25) is 4.79 Å². The molecule has 1 unspecified atom stereocenters. The lowest BCUT2D eigenvalue weighted by Crippen LogP contribution is -2.48. The zero-order chi connectivity index (χ0) is 14.5. The number of carbonyl (C=O) groups is 1. The molecule has 1 amide bonds. The quantitative estimate of drug-likeness (QED) is 0.864. The summed E-state index contributed by atoms with van der Waals surface area (Å²) in [7, 11) is 0. The van der Waals surface area contributed by atoms with Crippen molar-refractivity contribution in [3.05, 3.63) is 29.3 Å². The average Bonchev–Trinajstić information content (AvgIpc) is 2.47. The van der Waals surface area contributed by atoms with Gasteiger partial charge in [0.05, 0.1) is 5.75 Å². The molecule has 21 heavy (non-hydrogen) atoms. The number of amides is 1. The fourth-order valence-corrected chi connectivity index (χ4v) is 3.67. The summed E-state index contributed by atoms with van der Waals surface area (Å²) in [5.74, 6) is 0.743. The Balaban J connectivity index is 0.00000220. The first kappa shape index (κ1) is 18.3. The summed E-state index contributed by atoms with van der Waals surface area (Å²) in [5, 5.41) is 0. The molecule has 1 aromatic carbocycles. The molecule has 5 heteroatoms. The second-order valence-electron chi connectivity index (χ2n) is 5.53. The van der Waals surface area contributed by atoms with E-state index in [1.54, 1.807) is 11.8 Å². The van der Waals surface area contributed by atoms with Crippen LogP contribution in [-0.4, -0.2) is 35.7 Å². The fourth-order valence-electron chi connectivity index (χ4n) is 2.66. The lowest BCUT2D eigenvalue weighted by molar-refractivity contribution is -0.131. The molecule has 0 bridgehead atoms. The Hall–Kier alpha value is -0.710. The second-order valence-corrected chi connectivity index (χ2v) is 6.55. The molecular formula is C16H25ClN2OS. The maximum Gasteiger partial charge on any atom is 0.233 e. The molecule has 0 saturated carbocycles. The van der Waals surface area contributed by atoms with Crippen molar-refractivity contribution in [3.63, 3.8) is 0 Å². The molecule has 1 saturated heterocycles. The van der Waals surface area contributed by atoms with Crippen molar-refractivity contribution in [3.8, 4) is 0 Å². The Morgan fingerprint density at radius 1 is 1.38 bits per heavy atom. The van der Waals surface area contributed by atoms with Gasteiger partial charge in [0, 0.05) is 24.0 Å². The number of piperidine rings is 1. The molecule has 0 radical (unpaired) electrons. The van der Waals surface area contributed by atoms with Crippen LogP contribution in [0.25, 0.3) is 0 Å². The maximum atomic E-state index is 12.4. The first-order valence-corrected chi connectivity index (χ1v) is 8.30. The number of nitrogens with two attached hydrogens (primary N) is 1. The van der Waals surface area contributed by atoms with Crippen molar-refractivity contribution in [2.75, 3.05) is 18.8 Å². The smallest absolute Gasteiger partial charge is 0.233 e. The van der Waals surface area contributed by atoms with E-state index in [1.165, 1.54) is 22.4 Å². The molecule has 1 aliphatic rings. The zero-order valence-electron chi connectivity index (χ0n) is 12.8. The first-order valence-electron chi connectivity index (χ1n) is 7.31. The van der Waals surface area contributed by atoms with Gasteiger partial charge in [-0.15, -0.1) is 24.2 Å². The highest BCUT2D eigenvalue weighted by Gasteiger charge is 2.25. The molecule has 3 nitrogen and oxygen atoms in total. The van der Waals surface area contributed by atoms with Crippen molar-refractivity contribution in [2.24, 2.45) is 5.73 Å². The molecule has 2 N–H and O–H groups in total. The van der Waals surface area contributed by atoms with Crippen LogP contribution in [0, 0.1) is 13.8 Å². The predicted molar refractivity (Wildman–Crippen MR) is 92.3 cm³/mol. The van der Waals surface area contributed by atoms with E-state index in [1.807, 2.05) is 4.90 Å². The number of aryl methyl sites for hydroxylation is 2. The van der Waals surface area contributed by atoms with E-state index < -0.39 is 0 Å². The molecule has 1 heterocycles. The number of rotatable bonds is 4. The van der Waals surface area contributed by atoms with Crippen molar-refractivity contribution in [1.29, 1.82) is 0 Å². The molecule has 1 aliphatic heterocycles. The van der Waals surface area contributed by atoms with Crippen LogP contribution in [0.3, 0.4) is 0 Å². The lowest BCUT2D eigenvalue weighted by Gasteiger charge is -2.35. The third-order valence-electron chi connectivity index (χ3n) is 3.91. The van der Waals surface area contributed by atoms with Gasteiger partial charge in [0.25, 0.3) is 0 Å². The van der Waals surface area contributed by atoms with E-state index in [4.69, 9.17) is 5.73 Å². The third-order valence-corrected chi connectivity index (χ3v) is 5.06. The molecule has 118 valence electrons. The van der Waals surface area contributed by atoms with Crippen LogP contribution in [0.5, 0.6) is 0 Å². The Morgan fingerprint density at radius 3 is 2.86 bits per heavy atom. The average molecular weight is 329 g/mol. The van der Waals surface area contributed by atoms with Gasteiger partial charge < -0.3 is 10.6 Å². The summed E-state index contributed by atoms with van der Waals surface area (Å²) in [6, 6.07) is 6.63. The number of hydrogen-bond acceptors (Lipinski definition) is 3. The monoisotopic (exact) mass is 328 g/mol. The maximum absolute atomic E-state index is 12.4. The van der Waals surface area contributed by atoms with Gasteiger partial charge in [0.2, 0.25) is 5.91 Å². The Bertz CT molecular complexity index is 481. The molecule has 2 rings (SSSR count). The number of halogens is 1. The number of carbonyl (C=O) groups excluding carboxylic acids is 1. The largest absolute Gasteiger partial charge is 0.338 e. The fraction of sp³-hybridized carbons (Fsp3) is 0.562. The van der Waals surface area contributed by atoms with E-state index in [2.05, 4.69) is 32.0 Å². The summed E-state index contributed by atoms with van der Waals surface area (Å²) in [6.07, 6.45) is 3.35. The van der Waals surface area contributed by atoms with E-state index in [0.717, 1.165) is 19.4 Å².